The minimum absolute atomic E-state index is 0.509. The quantitative estimate of drug-likeness (QED) is 0.268. The predicted octanol–water partition coefficient (Wildman–Crippen LogP) is 5.51. The highest BCUT2D eigenvalue weighted by molar-refractivity contribution is 14.1. The first-order chi connectivity index (χ1) is 14.5. The summed E-state index contributed by atoms with van der Waals surface area (Å²) >= 11 is 2.30. The van der Waals surface area contributed by atoms with E-state index in [1.54, 1.807) is 6.20 Å². The van der Waals surface area contributed by atoms with Crippen LogP contribution in [0.3, 0.4) is 0 Å². The fraction of sp³-hybridized carbons (Fsp3) is 0.125. The lowest BCUT2D eigenvalue weighted by Crippen LogP contribution is -2.31. The predicted molar refractivity (Wildman–Crippen MR) is 119 cm³/mol. The zero-order chi connectivity index (χ0) is 20.7. The lowest BCUT2D eigenvalue weighted by atomic mass is 9.70. The van der Waals surface area contributed by atoms with E-state index in [4.69, 9.17) is 0 Å². The van der Waals surface area contributed by atoms with E-state index in [9.17, 15) is 8.78 Å². The molecule has 0 amide bonds. The summed E-state index contributed by atoms with van der Waals surface area (Å²) in [5.41, 5.74) is 5.33. The molecule has 4 aromatic rings. The van der Waals surface area contributed by atoms with Gasteiger partial charge in [-0.05, 0) is 100 Å². The highest BCUT2D eigenvalue weighted by Crippen LogP contribution is 2.51. The minimum atomic E-state index is -0.512. The van der Waals surface area contributed by atoms with E-state index in [-0.39, 0.29) is 0 Å². The van der Waals surface area contributed by atoms with E-state index in [0.717, 1.165) is 37.1 Å². The Morgan fingerprint density at radius 2 is 1.40 bits per heavy atom. The molecule has 1 aromatic carbocycles. The molecule has 0 N–H and O–H groups in total. The molecule has 1 aliphatic rings. The normalized spacial score (nSPS) is 13.7. The summed E-state index contributed by atoms with van der Waals surface area (Å²) in [5.74, 6) is -1.02. The van der Waals surface area contributed by atoms with Crippen molar-refractivity contribution in [3.05, 3.63) is 111 Å². The van der Waals surface area contributed by atoms with Crippen molar-refractivity contribution in [2.75, 3.05) is 0 Å². The number of rotatable bonds is 4. The summed E-state index contributed by atoms with van der Waals surface area (Å²) in [7, 11) is 0. The van der Waals surface area contributed by atoms with Crippen molar-refractivity contribution >= 4 is 22.6 Å². The first kappa shape index (κ1) is 19.2. The first-order valence-electron chi connectivity index (χ1n) is 9.52. The summed E-state index contributed by atoms with van der Waals surface area (Å²) in [6.07, 6.45) is 5.84. The van der Waals surface area contributed by atoms with Crippen molar-refractivity contribution < 1.29 is 8.78 Å². The molecule has 5 rings (SSSR count). The summed E-state index contributed by atoms with van der Waals surface area (Å²) in [5, 5.41) is 0. The van der Waals surface area contributed by atoms with Crippen LogP contribution in [-0.4, -0.2) is 15.0 Å². The molecule has 0 saturated heterocycles. The van der Waals surface area contributed by atoms with E-state index in [1.165, 1.54) is 24.5 Å². The van der Waals surface area contributed by atoms with Crippen molar-refractivity contribution in [2.45, 2.75) is 18.3 Å². The second-order valence-corrected chi connectivity index (χ2v) is 8.74. The third kappa shape index (κ3) is 3.29. The van der Waals surface area contributed by atoms with E-state index >= 15 is 0 Å². The molecule has 0 aliphatic heterocycles. The second kappa shape index (κ2) is 7.50. The molecule has 30 heavy (non-hydrogen) atoms. The maximum absolute atomic E-state index is 13.9. The number of nitrogens with zero attached hydrogens (tertiary/aromatic N) is 3. The van der Waals surface area contributed by atoms with Gasteiger partial charge in [0.15, 0.2) is 0 Å². The first-order valence-corrected chi connectivity index (χ1v) is 10.6. The molecule has 148 valence electrons. The lowest BCUT2D eigenvalue weighted by molar-refractivity contribution is 0.509. The maximum atomic E-state index is 13.9. The van der Waals surface area contributed by atoms with Crippen LogP contribution in [0.1, 0.15) is 22.3 Å². The number of pyridine rings is 3. The molecular weight excluding hydrogens is 495 g/mol. The number of benzene rings is 1. The van der Waals surface area contributed by atoms with Crippen LogP contribution in [0.4, 0.5) is 8.78 Å². The van der Waals surface area contributed by atoms with Gasteiger partial charge in [0.1, 0.15) is 0 Å². The molecule has 0 fully saturated rings. The SMILES string of the molecule is Fc1cc(CC2(Cc3ccnc(F)c3)c3cc(I)ccc3-c3ncccc32)ccn1. The van der Waals surface area contributed by atoms with Gasteiger partial charge >= 0.3 is 0 Å². The van der Waals surface area contributed by atoms with Gasteiger partial charge in [0, 0.05) is 33.1 Å². The molecule has 3 heterocycles. The van der Waals surface area contributed by atoms with Gasteiger partial charge in [-0.1, -0.05) is 12.1 Å². The van der Waals surface area contributed by atoms with Gasteiger partial charge in [0.25, 0.3) is 0 Å². The molecule has 0 unspecified atom stereocenters. The molecule has 0 atom stereocenters. The van der Waals surface area contributed by atoms with E-state index in [2.05, 4.69) is 61.8 Å². The Balaban J connectivity index is 1.76. The van der Waals surface area contributed by atoms with E-state index < -0.39 is 17.3 Å². The van der Waals surface area contributed by atoms with Gasteiger partial charge in [-0.2, -0.15) is 8.78 Å². The van der Waals surface area contributed by atoms with Crippen LogP contribution in [0.25, 0.3) is 11.3 Å². The van der Waals surface area contributed by atoms with Crippen LogP contribution >= 0.6 is 22.6 Å². The fourth-order valence-corrected chi connectivity index (χ4v) is 5.01. The molecular formula is C24H16F2IN3. The van der Waals surface area contributed by atoms with Crippen molar-refractivity contribution in [1.82, 2.24) is 15.0 Å². The Morgan fingerprint density at radius 3 is 2.03 bits per heavy atom. The zero-order valence-corrected chi connectivity index (χ0v) is 18.0. The van der Waals surface area contributed by atoms with Gasteiger partial charge in [0.05, 0.1) is 5.69 Å². The lowest BCUT2D eigenvalue weighted by Gasteiger charge is -2.32. The molecule has 0 radical (unpaired) electrons. The number of hydrogen-bond donors (Lipinski definition) is 0. The standard InChI is InChI=1S/C24H16F2IN3/c25-21-10-15(5-8-28-21)13-24(14-16-6-9-29-22(26)11-16)19-2-1-7-30-23(19)18-4-3-17(27)12-20(18)24/h1-12H,13-14H2. The van der Waals surface area contributed by atoms with Gasteiger partial charge in [-0.15, -0.1) is 0 Å². The van der Waals surface area contributed by atoms with Crippen molar-refractivity contribution in [1.29, 1.82) is 0 Å². The zero-order valence-electron chi connectivity index (χ0n) is 15.8. The van der Waals surface area contributed by atoms with Crippen LogP contribution in [-0.2, 0) is 18.3 Å². The van der Waals surface area contributed by atoms with Crippen LogP contribution in [0.5, 0.6) is 0 Å². The Morgan fingerprint density at radius 1 is 0.733 bits per heavy atom. The molecule has 0 bridgehead atoms. The Labute approximate surface area is 186 Å². The molecule has 6 heteroatoms. The largest absolute Gasteiger partial charge is 0.256 e. The van der Waals surface area contributed by atoms with E-state index in [1.807, 2.05) is 18.2 Å². The van der Waals surface area contributed by atoms with Crippen molar-refractivity contribution in [2.24, 2.45) is 0 Å². The van der Waals surface area contributed by atoms with Crippen molar-refractivity contribution in [3.63, 3.8) is 0 Å². The molecule has 0 saturated carbocycles. The van der Waals surface area contributed by atoms with Crippen LogP contribution in [0.15, 0.2) is 73.2 Å². The maximum Gasteiger partial charge on any atom is 0.213 e. The van der Waals surface area contributed by atoms with Gasteiger partial charge < -0.3 is 0 Å². The monoisotopic (exact) mass is 511 g/mol. The summed E-state index contributed by atoms with van der Waals surface area (Å²) in [4.78, 5) is 12.1. The number of halogens is 3. The summed E-state index contributed by atoms with van der Waals surface area (Å²) < 4.78 is 28.9. The van der Waals surface area contributed by atoms with Gasteiger partial charge in [-0.3, -0.25) is 4.98 Å². The highest BCUT2D eigenvalue weighted by Gasteiger charge is 2.44. The summed E-state index contributed by atoms with van der Waals surface area (Å²) in [6, 6.07) is 16.9. The average molecular weight is 511 g/mol. The molecule has 3 aromatic heterocycles. The molecule has 1 aliphatic carbocycles. The number of aromatic nitrogens is 3. The smallest absolute Gasteiger partial charge is 0.213 e. The molecule has 0 spiro atoms. The third-order valence-corrected chi connectivity index (χ3v) is 6.34. The van der Waals surface area contributed by atoms with Gasteiger partial charge in [-0.25, -0.2) is 9.97 Å². The second-order valence-electron chi connectivity index (χ2n) is 7.50. The van der Waals surface area contributed by atoms with Crippen LogP contribution in [0.2, 0.25) is 0 Å². The van der Waals surface area contributed by atoms with E-state index in [0.29, 0.717) is 12.8 Å². The topological polar surface area (TPSA) is 38.7 Å². The molecule has 3 nitrogen and oxygen atoms in total. The number of hydrogen-bond acceptors (Lipinski definition) is 3. The Kier molecular flexibility index (Phi) is 4.81. The summed E-state index contributed by atoms with van der Waals surface area (Å²) in [6.45, 7) is 0. The van der Waals surface area contributed by atoms with Gasteiger partial charge in [0.2, 0.25) is 11.9 Å². The third-order valence-electron chi connectivity index (χ3n) is 5.67. The Hall–Kier alpha value is -2.74. The average Bonchev–Trinajstić information content (AvgIpc) is 2.98. The van der Waals surface area contributed by atoms with Crippen molar-refractivity contribution in [3.8, 4) is 11.3 Å². The Bertz CT molecular complexity index is 1210. The highest BCUT2D eigenvalue weighted by atomic mass is 127. The minimum Gasteiger partial charge on any atom is -0.256 e. The van der Waals surface area contributed by atoms with Crippen LogP contribution < -0.4 is 0 Å². The van der Waals surface area contributed by atoms with Crippen LogP contribution in [0, 0.1) is 15.5 Å². The fourth-order valence-electron chi connectivity index (χ4n) is 4.52. The number of fused-ring (bicyclic) bond motifs is 3.